The molecular weight excluding hydrogens is 324 g/mol. The van der Waals surface area contributed by atoms with Crippen molar-refractivity contribution in [1.29, 1.82) is 0 Å². The summed E-state index contributed by atoms with van der Waals surface area (Å²) >= 11 is 0. The summed E-state index contributed by atoms with van der Waals surface area (Å²) < 4.78 is 17.1. The summed E-state index contributed by atoms with van der Waals surface area (Å²) in [6.45, 7) is 11.0. The molecule has 6 atom stereocenters. The van der Waals surface area contributed by atoms with E-state index in [9.17, 15) is 14.7 Å². The van der Waals surface area contributed by atoms with Gasteiger partial charge in [0.25, 0.3) is 0 Å². The maximum Gasteiger partial charge on any atom is 0.303 e. The second kappa shape index (κ2) is 5.95. The first-order valence-electron chi connectivity index (χ1n) is 8.64. The van der Waals surface area contributed by atoms with Crippen LogP contribution in [-0.4, -0.2) is 48.1 Å². The Morgan fingerprint density at radius 1 is 1.40 bits per heavy atom. The first-order chi connectivity index (χ1) is 11.6. The zero-order valence-electron chi connectivity index (χ0n) is 15.2. The minimum absolute atomic E-state index is 0.128. The molecule has 6 nitrogen and oxygen atoms in total. The van der Waals surface area contributed by atoms with Crippen molar-refractivity contribution >= 4 is 11.9 Å². The molecule has 0 unspecified atom stereocenters. The second-order valence-electron chi connectivity index (χ2n) is 7.67. The molecule has 138 valence electrons. The molecule has 6 heteroatoms. The first kappa shape index (κ1) is 18.1. The fourth-order valence-electron chi connectivity index (χ4n) is 4.80. The number of carbonyl (C=O) groups is 2. The molecule has 25 heavy (non-hydrogen) atoms. The molecule has 1 heterocycles. The summed E-state index contributed by atoms with van der Waals surface area (Å²) in [4.78, 5) is 23.2. The molecule has 3 aliphatic rings. The summed E-state index contributed by atoms with van der Waals surface area (Å²) in [5.41, 5.74) is 0.502. The SMILES string of the molecule is C=C1[C@@H]2O[C@@H]3C=C(C)CC[C@]3(COC(C)=O)[C@@]1(C)[C@H](OC(C)=O)[C@H]2O. The second-order valence-corrected chi connectivity index (χ2v) is 7.67. The number of allylic oxidation sites excluding steroid dienone is 1. The molecule has 1 saturated carbocycles. The van der Waals surface area contributed by atoms with Crippen LogP contribution in [-0.2, 0) is 23.8 Å². The van der Waals surface area contributed by atoms with Gasteiger partial charge in [-0.25, -0.2) is 0 Å². The average Bonchev–Trinajstić information content (AvgIpc) is 2.65. The van der Waals surface area contributed by atoms with Crippen molar-refractivity contribution in [1.82, 2.24) is 0 Å². The van der Waals surface area contributed by atoms with Crippen LogP contribution in [0.5, 0.6) is 0 Å². The van der Waals surface area contributed by atoms with Crippen molar-refractivity contribution in [2.45, 2.75) is 65.0 Å². The minimum Gasteiger partial charge on any atom is -0.465 e. The highest BCUT2D eigenvalue weighted by molar-refractivity contribution is 5.67. The number of ether oxygens (including phenoxy) is 3. The van der Waals surface area contributed by atoms with Gasteiger partial charge in [0, 0.05) is 24.7 Å². The molecule has 0 aromatic carbocycles. The van der Waals surface area contributed by atoms with Crippen molar-refractivity contribution in [3.05, 3.63) is 23.8 Å². The molecule has 2 aliphatic carbocycles. The van der Waals surface area contributed by atoms with E-state index >= 15 is 0 Å². The summed E-state index contributed by atoms with van der Waals surface area (Å²) in [5.74, 6) is -0.842. The van der Waals surface area contributed by atoms with Gasteiger partial charge in [0.05, 0.1) is 6.10 Å². The van der Waals surface area contributed by atoms with Crippen molar-refractivity contribution < 1.29 is 28.9 Å². The molecule has 0 aromatic rings. The molecule has 0 amide bonds. The van der Waals surface area contributed by atoms with Crippen LogP contribution in [0.15, 0.2) is 23.8 Å². The number of hydrogen-bond donors (Lipinski definition) is 1. The fraction of sp³-hybridized carbons (Fsp3) is 0.684. The number of rotatable bonds is 3. The Labute approximate surface area is 147 Å². The Balaban J connectivity index is 2.12. The number of carbonyl (C=O) groups excluding carboxylic acids is 2. The van der Waals surface area contributed by atoms with Gasteiger partial charge in [-0.15, -0.1) is 0 Å². The van der Waals surface area contributed by atoms with E-state index in [0.29, 0.717) is 12.0 Å². The maximum atomic E-state index is 11.7. The highest BCUT2D eigenvalue weighted by Gasteiger charge is 2.71. The number of aliphatic hydroxyl groups excluding tert-OH is 1. The lowest BCUT2D eigenvalue weighted by Gasteiger charge is -2.56. The van der Waals surface area contributed by atoms with Gasteiger partial charge in [-0.1, -0.05) is 25.2 Å². The predicted octanol–water partition coefficient (Wildman–Crippen LogP) is 1.91. The minimum atomic E-state index is -0.991. The third-order valence-corrected chi connectivity index (χ3v) is 6.30. The quantitative estimate of drug-likeness (QED) is 0.618. The summed E-state index contributed by atoms with van der Waals surface area (Å²) in [5, 5.41) is 10.8. The van der Waals surface area contributed by atoms with Gasteiger partial charge >= 0.3 is 11.9 Å². The molecule has 1 N–H and O–H groups in total. The van der Waals surface area contributed by atoms with Crippen LogP contribution in [0.25, 0.3) is 0 Å². The summed E-state index contributed by atoms with van der Waals surface area (Å²) in [7, 11) is 0. The molecule has 0 aromatic heterocycles. The molecule has 0 spiro atoms. The highest BCUT2D eigenvalue weighted by atomic mass is 16.6. The lowest BCUT2D eigenvalue weighted by molar-refractivity contribution is -0.183. The molecule has 3 rings (SSSR count). The molecular formula is C19H26O6. The van der Waals surface area contributed by atoms with E-state index in [2.05, 4.69) is 6.58 Å². The van der Waals surface area contributed by atoms with E-state index in [4.69, 9.17) is 14.2 Å². The Hall–Kier alpha value is -1.66. The van der Waals surface area contributed by atoms with E-state index in [-0.39, 0.29) is 18.7 Å². The van der Waals surface area contributed by atoms with Crippen LogP contribution < -0.4 is 0 Å². The smallest absolute Gasteiger partial charge is 0.303 e. The lowest BCUT2D eigenvalue weighted by atomic mass is 9.53. The molecule has 1 saturated heterocycles. The van der Waals surface area contributed by atoms with Gasteiger partial charge in [-0.3, -0.25) is 9.59 Å². The van der Waals surface area contributed by atoms with E-state index < -0.39 is 35.1 Å². The average molecular weight is 350 g/mol. The first-order valence-corrected chi connectivity index (χ1v) is 8.64. The van der Waals surface area contributed by atoms with Crippen LogP contribution in [0.1, 0.15) is 40.5 Å². The largest absolute Gasteiger partial charge is 0.465 e. The summed E-state index contributed by atoms with van der Waals surface area (Å²) in [6.07, 6.45) is 0.832. The van der Waals surface area contributed by atoms with Gasteiger partial charge < -0.3 is 19.3 Å². The van der Waals surface area contributed by atoms with E-state index in [0.717, 1.165) is 6.42 Å². The van der Waals surface area contributed by atoms with Crippen LogP contribution >= 0.6 is 0 Å². The number of aliphatic hydroxyl groups is 1. The Bertz CT molecular complexity index is 652. The Kier molecular flexibility index (Phi) is 4.32. The van der Waals surface area contributed by atoms with E-state index in [1.807, 2.05) is 19.9 Å². The number of fused-ring (bicyclic) bond motifs is 4. The molecule has 2 fully saturated rings. The molecule has 1 aliphatic heterocycles. The van der Waals surface area contributed by atoms with Gasteiger partial charge in [-0.2, -0.15) is 0 Å². The van der Waals surface area contributed by atoms with Crippen LogP contribution in [0.4, 0.5) is 0 Å². The molecule has 0 radical (unpaired) electrons. The van der Waals surface area contributed by atoms with Crippen LogP contribution in [0, 0.1) is 10.8 Å². The number of esters is 2. The zero-order chi connectivity index (χ0) is 18.6. The maximum absolute atomic E-state index is 11.7. The third-order valence-electron chi connectivity index (χ3n) is 6.30. The Morgan fingerprint density at radius 3 is 2.68 bits per heavy atom. The van der Waals surface area contributed by atoms with Crippen molar-refractivity contribution in [2.24, 2.45) is 10.8 Å². The van der Waals surface area contributed by atoms with Crippen molar-refractivity contribution in [3.8, 4) is 0 Å². The fourth-order valence-corrected chi connectivity index (χ4v) is 4.80. The third kappa shape index (κ3) is 2.46. The zero-order valence-corrected chi connectivity index (χ0v) is 15.2. The van der Waals surface area contributed by atoms with Crippen LogP contribution in [0.3, 0.4) is 0 Å². The topological polar surface area (TPSA) is 82.1 Å². The monoisotopic (exact) mass is 350 g/mol. The number of hydrogen-bond acceptors (Lipinski definition) is 6. The van der Waals surface area contributed by atoms with Gasteiger partial charge in [-0.05, 0) is 25.3 Å². The predicted molar refractivity (Wildman–Crippen MR) is 89.5 cm³/mol. The van der Waals surface area contributed by atoms with Crippen molar-refractivity contribution in [3.63, 3.8) is 0 Å². The van der Waals surface area contributed by atoms with Crippen molar-refractivity contribution in [2.75, 3.05) is 6.61 Å². The van der Waals surface area contributed by atoms with Gasteiger partial charge in [0.2, 0.25) is 0 Å². The van der Waals surface area contributed by atoms with Crippen LogP contribution in [0.2, 0.25) is 0 Å². The molecule has 2 bridgehead atoms. The lowest BCUT2D eigenvalue weighted by Crippen LogP contribution is -2.60. The van der Waals surface area contributed by atoms with Gasteiger partial charge in [0.15, 0.2) is 0 Å². The van der Waals surface area contributed by atoms with E-state index in [1.54, 1.807) is 0 Å². The van der Waals surface area contributed by atoms with E-state index in [1.165, 1.54) is 19.4 Å². The Morgan fingerprint density at radius 2 is 2.08 bits per heavy atom. The van der Waals surface area contributed by atoms with Gasteiger partial charge in [0.1, 0.15) is 24.9 Å². The summed E-state index contributed by atoms with van der Waals surface area (Å²) in [6, 6.07) is 0. The highest BCUT2D eigenvalue weighted by Crippen LogP contribution is 2.65. The normalized spacial score (nSPS) is 42.4. The standard InChI is InChI=1S/C19H26O6/c1-10-6-7-19(9-23-12(3)20)14(8-10)25-16-11(2)18(19,5)17(15(16)22)24-13(4)21/h8,14-17,22H,2,6-7,9H2,1,3-5H3/t14-,15+,16+,17-,18-,19-/m1/s1.